The molecule has 0 atom stereocenters. The van der Waals surface area contributed by atoms with Crippen LogP contribution in [0.25, 0.3) is 0 Å². The molecule has 2 aromatic carbocycles. The lowest BCUT2D eigenvalue weighted by molar-refractivity contribution is 0.629. The SMILES string of the molecule is CSc1ccc(Sc2ccc(N)c(F)c2)cc1. The molecule has 4 heteroatoms. The van der Waals surface area contributed by atoms with E-state index in [-0.39, 0.29) is 11.5 Å². The molecular formula is C13H12FNS2. The molecule has 0 aliphatic carbocycles. The quantitative estimate of drug-likeness (QED) is 0.662. The Hall–Kier alpha value is -1.13. The number of benzene rings is 2. The normalized spacial score (nSPS) is 10.5. The van der Waals surface area contributed by atoms with Gasteiger partial charge in [-0.2, -0.15) is 0 Å². The predicted octanol–water partition coefficient (Wildman–Crippen LogP) is 4.28. The van der Waals surface area contributed by atoms with Gasteiger partial charge in [0.15, 0.2) is 0 Å². The van der Waals surface area contributed by atoms with Crippen molar-refractivity contribution in [1.82, 2.24) is 0 Å². The van der Waals surface area contributed by atoms with Crippen LogP contribution in [0.4, 0.5) is 10.1 Å². The molecule has 0 spiro atoms. The van der Waals surface area contributed by atoms with Crippen molar-refractivity contribution in [2.45, 2.75) is 14.7 Å². The molecule has 1 nitrogen and oxygen atoms in total. The van der Waals surface area contributed by atoms with E-state index in [1.165, 1.54) is 22.7 Å². The molecule has 0 aliphatic rings. The first kappa shape index (κ1) is 12.3. The Morgan fingerprint density at radius 1 is 0.941 bits per heavy atom. The molecule has 0 unspecified atom stereocenters. The van der Waals surface area contributed by atoms with E-state index in [2.05, 4.69) is 12.1 Å². The summed E-state index contributed by atoms with van der Waals surface area (Å²) in [6, 6.07) is 13.1. The predicted molar refractivity (Wildman–Crippen MR) is 73.2 cm³/mol. The number of hydrogen-bond acceptors (Lipinski definition) is 3. The molecule has 0 aliphatic heterocycles. The average Bonchev–Trinajstić information content (AvgIpc) is 2.35. The van der Waals surface area contributed by atoms with Gasteiger partial charge in [-0.05, 0) is 48.7 Å². The van der Waals surface area contributed by atoms with Crippen LogP contribution < -0.4 is 5.73 Å². The van der Waals surface area contributed by atoms with Gasteiger partial charge in [0.05, 0.1) is 5.69 Å². The van der Waals surface area contributed by atoms with Gasteiger partial charge >= 0.3 is 0 Å². The summed E-state index contributed by atoms with van der Waals surface area (Å²) < 4.78 is 13.3. The first-order chi connectivity index (χ1) is 8.19. The molecule has 0 heterocycles. The molecule has 17 heavy (non-hydrogen) atoms. The molecule has 0 bridgehead atoms. The fourth-order valence-corrected chi connectivity index (χ4v) is 2.60. The van der Waals surface area contributed by atoms with Crippen LogP contribution in [0.3, 0.4) is 0 Å². The fraction of sp³-hybridized carbons (Fsp3) is 0.0769. The van der Waals surface area contributed by atoms with Crippen molar-refractivity contribution in [2.75, 3.05) is 12.0 Å². The van der Waals surface area contributed by atoms with Crippen molar-refractivity contribution >= 4 is 29.2 Å². The second-order valence-electron chi connectivity index (χ2n) is 3.46. The molecule has 88 valence electrons. The van der Waals surface area contributed by atoms with Crippen LogP contribution >= 0.6 is 23.5 Å². The maximum atomic E-state index is 13.3. The molecule has 0 saturated carbocycles. The molecule has 0 saturated heterocycles. The summed E-state index contributed by atoms with van der Waals surface area (Å²) in [7, 11) is 0. The van der Waals surface area contributed by atoms with E-state index in [4.69, 9.17) is 5.73 Å². The van der Waals surface area contributed by atoms with Gasteiger partial charge in [-0.1, -0.05) is 11.8 Å². The lowest BCUT2D eigenvalue weighted by Gasteiger charge is -2.04. The first-order valence-electron chi connectivity index (χ1n) is 5.06. The van der Waals surface area contributed by atoms with E-state index in [9.17, 15) is 4.39 Å². The van der Waals surface area contributed by atoms with E-state index in [0.29, 0.717) is 0 Å². The van der Waals surface area contributed by atoms with Crippen LogP contribution in [0.5, 0.6) is 0 Å². The summed E-state index contributed by atoms with van der Waals surface area (Å²) >= 11 is 3.23. The zero-order valence-electron chi connectivity index (χ0n) is 9.31. The highest BCUT2D eigenvalue weighted by molar-refractivity contribution is 7.99. The number of thioether (sulfide) groups is 1. The second-order valence-corrected chi connectivity index (χ2v) is 5.49. The van der Waals surface area contributed by atoms with Crippen LogP contribution in [0.2, 0.25) is 0 Å². The molecule has 2 N–H and O–H groups in total. The third-order valence-corrected chi connectivity index (χ3v) is 4.01. The van der Waals surface area contributed by atoms with Gasteiger partial charge < -0.3 is 5.73 Å². The topological polar surface area (TPSA) is 26.0 Å². The van der Waals surface area contributed by atoms with Crippen LogP contribution in [0, 0.1) is 5.82 Å². The zero-order chi connectivity index (χ0) is 12.3. The Labute approximate surface area is 109 Å². The molecule has 2 rings (SSSR count). The minimum Gasteiger partial charge on any atom is -0.396 e. The van der Waals surface area contributed by atoms with E-state index >= 15 is 0 Å². The molecular weight excluding hydrogens is 253 g/mol. The Morgan fingerprint density at radius 3 is 2.12 bits per heavy atom. The van der Waals surface area contributed by atoms with Crippen molar-refractivity contribution in [3.05, 3.63) is 48.3 Å². The van der Waals surface area contributed by atoms with Crippen molar-refractivity contribution in [2.24, 2.45) is 0 Å². The van der Waals surface area contributed by atoms with E-state index in [0.717, 1.165) is 9.79 Å². The number of hydrogen-bond donors (Lipinski definition) is 1. The van der Waals surface area contributed by atoms with E-state index in [1.54, 1.807) is 17.8 Å². The number of anilines is 1. The maximum Gasteiger partial charge on any atom is 0.147 e. The number of nitrogen functional groups attached to an aromatic ring is 1. The molecule has 2 aromatic rings. The number of halogens is 1. The summed E-state index contributed by atoms with van der Waals surface area (Å²) in [6.07, 6.45) is 2.04. The van der Waals surface area contributed by atoms with Gasteiger partial charge in [0.2, 0.25) is 0 Å². The number of nitrogens with two attached hydrogens (primary N) is 1. The van der Waals surface area contributed by atoms with Gasteiger partial charge in [0.25, 0.3) is 0 Å². The zero-order valence-corrected chi connectivity index (χ0v) is 10.9. The van der Waals surface area contributed by atoms with E-state index in [1.807, 2.05) is 24.5 Å². The minimum atomic E-state index is -0.365. The largest absolute Gasteiger partial charge is 0.396 e. The Morgan fingerprint density at radius 2 is 1.53 bits per heavy atom. The van der Waals surface area contributed by atoms with Gasteiger partial charge in [0, 0.05) is 14.7 Å². The second kappa shape index (κ2) is 5.47. The summed E-state index contributed by atoms with van der Waals surface area (Å²) in [5.41, 5.74) is 5.62. The highest BCUT2D eigenvalue weighted by Crippen LogP contribution is 2.30. The Kier molecular flexibility index (Phi) is 3.97. The van der Waals surface area contributed by atoms with Crippen molar-refractivity contribution in [1.29, 1.82) is 0 Å². The minimum absolute atomic E-state index is 0.187. The van der Waals surface area contributed by atoms with Gasteiger partial charge in [-0.25, -0.2) is 4.39 Å². The summed E-state index contributed by atoms with van der Waals surface area (Å²) in [4.78, 5) is 3.17. The summed E-state index contributed by atoms with van der Waals surface area (Å²) in [5, 5.41) is 0. The molecule has 0 radical (unpaired) electrons. The van der Waals surface area contributed by atoms with Crippen LogP contribution in [-0.2, 0) is 0 Å². The molecule has 0 amide bonds. The van der Waals surface area contributed by atoms with E-state index < -0.39 is 0 Å². The average molecular weight is 265 g/mol. The standard InChI is InChI=1S/C13H12FNS2/c1-16-9-2-4-10(5-3-9)17-11-6-7-13(15)12(14)8-11/h2-8H,15H2,1H3. The summed E-state index contributed by atoms with van der Waals surface area (Å²) in [6.45, 7) is 0. The number of rotatable bonds is 3. The third kappa shape index (κ3) is 3.17. The van der Waals surface area contributed by atoms with Crippen LogP contribution in [0.1, 0.15) is 0 Å². The smallest absolute Gasteiger partial charge is 0.147 e. The van der Waals surface area contributed by atoms with Gasteiger partial charge in [-0.3, -0.25) is 0 Å². The highest BCUT2D eigenvalue weighted by atomic mass is 32.2. The Bertz CT molecular complexity index is 511. The van der Waals surface area contributed by atoms with Crippen LogP contribution in [-0.4, -0.2) is 6.26 Å². The van der Waals surface area contributed by atoms with Crippen molar-refractivity contribution < 1.29 is 4.39 Å². The van der Waals surface area contributed by atoms with Gasteiger partial charge in [0.1, 0.15) is 5.82 Å². The van der Waals surface area contributed by atoms with Crippen molar-refractivity contribution in [3.63, 3.8) is 0 Å². The fourth-order valence-electron chi connectivity index (χ4n) is 1.35. The van der Waals surface area contributed by atoms with Crippen LogP contribution in [0.15, 0.2) is 57.2 Å². The summed E-state index contributed by atoms with van der Waals surface area (Å²) in [5.74, 6) is -0.365. The lowest BCUT2D eigenvalue weighted by Crippen LogP contribution is -1.89. The molecule has 0 aromatic heterocycles. The van der Waals surface area contributed by atoms with Gasteiger partial charge in [-0.15, -0.1) is 11.8 Å². The third-order valence-electron chi connectivity index (χ3n) is 2.27. The van der Waals surface area contributed by atoms with Crippen molar-refractivity contribution in [3.8, 4) is 0 Å². The molecule has 0 fully saturated rings. The Balaban J connectivity index is 2.16. The lowest BCUT2D eigenvalue weighted by atomic mass is 10.3. The first-order valence-corrected chi connectivity index (χ1v) is 7.10. The highest BCUT2D eigenvalue weighted by Gasteiger charge is 2.02. The maximum absolute atomic E-state index is 13.3. The monoisotopic (exact) mass is 265 g/mol.